The molecule has 2 N–H and O–H groups in total. The Morgan fingerprint density at radius 1 is 0.598 bits per heavy atom. The Labute approximate surface area is 499 Å². The molecule has 22 heteroatoms. The van der Waals surface area contributed by atoms with Gasteiger partial charge >= 0.3 is 0 Å². The first-order valence-corrected chi connectivity index (χ1v) is 32.4. The fraction of sp³-hybridized carbons (Fsp3) is 0.500. The zero-order valence-electron chi connectivity index (χ0n) is 49.4. The molecule has 4 aliphatic heterocycles. The first-order valence-electron chi connectivity index (χ1n) is 27.3. The van der Waals surface area contributed by atoms with Gasteiger partial charge in [0.1, 0.15) is 37.9 Å². The Kier molecular flexibility index (Phi) is 23.4. The first-order chi connectivity index (χ1) is 39.3. The normalized spacial score (nSPS) is 17.6. The van der Waals surface area contributed by atoms with Crippen molar-refractivity contribution in [3.8, 4) is 34.5 Å². The number of carbonyl (C=O) groups excluding carboxylic acids is 2. The molecule has 2 aromatic carbocycles. The summed E-state index contributed by atoms with van der Waals surface area (Å²) < 4.78 is 36.5. The predicted octanol–water partition coefficient (Wildman–Crippen LogP) is 10.3. The minimum atomic E-state index is -0.163. The molecule has 2 aromatic heterocycles. The van der Waals surface area contributed by atoms with Crippen molar-refractivity contribution in [2.75, 3.05) is 93.3 Å². The van der Waals surface area contributed by atoms with Gasteiger partial charge in [0.25, 0.3) is 11.8 Å². The SMILES string of the molecule is C/C=C1\C[C@H]2C=Nc3cc(OCc4cc(OCCN(C)CC(C)(C)SSC)cc(COc5cc6c(cc5OC)C(=O)N5C/C(=C/C)C[C@H]5C=N6)n4)c(OC)cc3C(=O)N2C1.CSSC(C)(C)CN(C)CCOc1cc(CO)nc(CO)c1. The van der Waals surface area contributed by atoms with Crippen LogP contribution >= 0.6 is 43.2 Å². The Hall–Kier alpha value is -5.46. The van der Waals surface area contributed by atoms with Crippen molar-refractivity contribution in [2.24, 2.45) is 9.98 Å². The number of hydrogen-bond donors (Lipinski definition) is 2. The average molecular weight is 1200 g/mol. The van der Waals surface area contributed by atoms with Gasteiger partial charge in [-0.2, -0.15) is 0 Å². The number of aliphatic hydroxyl groups excluding tert-OH is 2. The highest BCUT2D eigenvalue weighted by Gasteiger charge is 2.36. The number of fused-ring (bicyclic) bond motifs is 4. The van der Waals surface area contributed by atoms with Crippen LogP contribution < -0.4 is 28.4 Å². The van der Waals surface area contributed by atoms with Crippen molar-refractivity contribution in [3.05, 3.63) is 106 Å². The van der Waals surface area contributed by atoms with Crippen molar-refractivity contribution in [3.63, 3.8) is 0 Å². The number of ether oxygens (including phenoxy) is 6. The van der Waals surface area contributed by atoms with Gasteiger partial charge in [-0.3, -0.25) is 29.5 Å². The van der Waals surface area contributed by atoms with E-state index in [-0.39, 0.29) is 59.8 Å². The zero-order valence-corrected chi connectivity index (χ0v) is 52.6. The van der Waals surface area contributed by atoms with Crippen LogP contribution in [0.4, 0.5) is 11.4 Å². The minimum Gasteiger partial charge on any atom is -0.493 e. The maximum atomic E-state index is 13.7. The first kappa shape index (κ1) is 64.1. The van der Waals surface area contributed by atoms with Gasteiger partial charge < -0.3 is 58.2 Å². The van der Waals surface area contributed by atoms with Gasteiger partial charge in [0.15, 0.2) is 23.0 Å². The Morgan fingerprint density at radius 2 is 0.988 bits per heavy atom. The summed E-state index contributed by atoms with van der Waals surface area (Å²) in [6.07, 6.45) is 13.6. The molecule has 2 amide bonds. The van der Waals surface area contributed by atoms with Crippen LogP contribution in [0.1, 0.15) is 97.9 Å². The van der Waals surface area contributed by atoms with E-state index in [1.54, 1.807) is 72.2 Å². The average Bonchev–Trinajstić information content (AvgIpc) is 4.20. The Bertz CT molecular complexity index is 2840. The van der Waals surface area contributed by atoms with Crippen molar-refractivity contribution in [2.45, 2.75) is 102 Å². The summed E-state index contributed by atoms with van der Waals surface area (Å²) in [5.41, 5.74) is 6.62. The number of aliphatic imine (C=N–C) groups is 2. The van der Waals surface area contributed by atoms with Crippen LogP contribution in [0, 0.1) is 0 Å². The van der Waals surface area contributed by atoms with Gasteiger partial charge in [-0.05, 0) is 93.1 Å². The number of methoxy groups -OCH3 is 2. The monoisotopic (exact) mass is 1200 g/mol. The third-order valence-corrected chi connectivity index (χ3v) is 19.1. The van der Waals surface area contributed by atoms with E-state index in [1.165, 1.54) is 11.1 Å². The van der Waals surface area contributed by atoms with Crippen LogP contribution in [0.15, 0.2) is 81.8 Å². The maximum Gasteiger partial charge on any atom is 0.257 e. The second kappa shape index (κ2) is 29.9. The molecule has 0 radical (unpaired) electrons. The van der Waals surface area contributed by atoms with E-state index in [0.717, 1.165) is 39.0 Å². The molecule has 444 valence electrons. The summed E-state index contributed by atoms with van der Waals surface area (Å²) >= 11 is 0. The highest BCUT2D eigenvalue weighted by Crippen LogP contribution is 2.42. The summed E-state index contributed by atoms with van der Waals surface area (Å²) in [6, 6.07) is 13.8. The van der Waals surface area contributed by atoms with Crippen LogP contribution in [-0.2, 0) is 26.4 Å². The van der Waals surface area contributed by atoms with E-state index >= 15 is 0 Å². The van der Waals surface area contributed by atoms with Crippen molar-refractivity contribution >= 4 is 78.8 Å². The largest absolute Gasteiger partial charge is 0.493 e. The van der Waals surface area contributed by atoms with Crippen molar-refractivity contribution in [1.29, 1.82) is 0 Å². The fourth-order valence-electron chi connectivity index (χ4n) is 10.1. The molecule has 2 saturated heterocycles. The number of pyridine rings is 2. The van der Waals surface area contributed by atoms with E-state index in [9.17, 15) is 9.59 Å². The number of carbonyl (C=O) groups is 2. The zero-order chi connectivity index (χ0) is 59.1. The third-order valence-electron chi connectivity index (χ3n) is 13.9. The van der Waals surface area contributed by atoms with Gasteiger partial charge in [-0.15, -0.1) is 0 Å². The fourth-order valence-corrected chi connectivity index (χ4v) is 14.6. The lowest BCUT2D eigenvalue weighted by Gasteiger charge is -2.28. The molecule has 18 nitrogen and oxygen atoms in total. The van der Waals surface area contributed by atoms with E-state index in [0.29, 0.717) is 106 Å². The number of rotatable bonds is 26. The summed E-state index contributed by atoms with van der Waals surface area (Å²) in [5.74, 6) is 2.78. The second-order valence-electron chi connectivity index (χ2n) is 21.6. The highest BCUT2D eigenvalue weighted by molar-refractivity contribution is 8.77. The molecule has 0 bridgehead atoms. The number of benzene rings is 2. The number of likely N-dealkylation sites (N-methyl/N-ethyl adjacent to an activating group) is 2. The van der Waals surface area contributed by atoms with E-state index in [4.69, 9.17) is 53.6 Å². The summed E-state index contributed by atoms with van der Waals surface area (Å²) in [7, 11) is 14.6. The number of amides is 2. The lowest BCUT2D eigenvalue weighted by molar-refractivity contribution is 0.0769. The van der Waals surface area contributed by atoms with E-state index in [2.05, 4.69) is 81.2 Å². The number of aromatic nitrogens is 2. The maximum absolute atomic E-state index is 13.7. The minimum absolute atomic E-state index is 0.0714. The Morgan fingerprint density at radius 3 is 1.35 bits per heavy atom. The molecule has 4 aliphatic rings. The van der Waals surface area contributed by atoms with Gasteiger partial charge in [0, 0.05) is 97.6 Å². The molecule has 2 fully saturated rings. The lowest BCUT2D eigenvalue weighted by atomic mass is 10.1. The van der Waals surface area contributed by atoms with Gasteiger partial charge in [-0.1, -0.05) is 66.5 Å². The molecule has 0 saturated carbocycles. The molecular weight excluding hydrogens is 1120 g/mol. The smallest absolute Gasteiger partial charge is 0.257 e. The second-order valence-corrected chi connectivity index (χ2v) is 27.8. The number of aliphatic hydroxyl groups is 2. The van der Waals surface area contributed by atoms with Gasteiger partial charge in [0.05, 0.1) is 84.8 Å². The standard InChI is InChI=1S/C45H54N6O7S2.C15H26N2O3S2/c1-9-28-13-32-21-46-37-19-41(39(54-6)17-35(37)43(52)50(32)23-28)57-25-30-15-34(56-12-11-49(5)27-45(3,4)60-59-8)16-31(48-30)26-58-42-20-38-36(18-40(42)55-7)44(53)51-24-29(10-2)14-33(51)22-47-38;1-15(2,22-21-4)11-17(3)5-6-20-14-7-12(9-18)16-13(8-14)10-19/h9-10,15-22,32-33H,11-14,23-27H2,1-8H3;7-8,18-19H,5-6,9-11H2,1-4H3/b28-9+,29-10+;/t32-,33-;/m0./s1. The van der Waals surface area contributed by atoms with Crippen molar-refractivity contribution in [1.82, 2.24) is 29.6 Å². The number of allylic oxidation sites excluding steroid dienone is 2. The lowest BCUT2D eigenvalue weighted by Crippen LogP contribution is -2.35. The molecule has 82 heavy (non-hydrogen) atoms. The van der Waals surface area contributed by atoms with Gasteiger partial charge in [0.2, 0.25) is 0 Å². The van der Waals surface area contributed by atoms with Crippen LogP contribution in [0.2, 0.25) is 0 Å². The summed E-state index contributed by atoms with van der Waals surface area (Å²) in [6.45, 7) is 18.3. The molecule has 4 aromatic rings. The number of nitrogens with zero attached hydrogens (tertiary/aromatic N) is 8. The molecule has 8 rings (SSSR count). The molecule has 0 spiro atoms. The molecule has 0 unspecified atom stereocenters. The quantitative estimate of drug-likeness (QED) is 0.0445. The topological polar surface area (TPSA) is 193 Å². The molecule has 2 atom stereocenters. The summed E-state index contributed by atoms with van der Waals surface area (Å²) in [4.78, 5) is 53.9. The molecular formula is C60H80N8O10S4. The molecule has 0 aliphatic carbocycles. The van der Waals surface area contributed by atoms with Crippen LogP contribution in [0.3, 0.4) is 0 Å². The third kappa shape index (κ3) is 17.3. The van der Waals surface area contributed by atoms with Crippen LogP contribution in [-0.4, -0.2) is 179 Å². The van der Waals surface area contributed by atoms with E-state index in [1.807, 2.05) is 69.8 Å². The summed E-state index contributed by atoms with van der Waals surface area (Å²) in [5, 5.41) is 18.3. The van der Waals surface area contributed by atoms with Crippen LogP contribution in [0.5, 0.6) is 34.5 Å². The highest BCUT2D eigenvalue weighted by atomic mass is 33.1. The van der Waals surface area contributed by atoms with Gasteiger partial charge in [-0.25, -0.2) is 0 Å². The van der Waals surface area contributed by atoms with E-state index < -0.39 is 0 Å². The van der Waals surface area contributed by atoms with Crippen molar-refractivity contribution < 1.29 is 48.2 Å². The van der Waals surface area contributed by atoms with Crippen LogP contribution in [0.25, 0.3) is 0 Å². The molecule has 6 heterocycles. The predicted molar refractivity (Wildman–Crippen MR) is 334 cm³/mol. The Balaban J connectivity index is 0.000000370. The number of hydrogen-bond acceptors (Lipinski definition) is 20.